The molecule has 0 saturated carbocycles. The van der Waals surface area contributed by atoms with E-state index in [2.05, 4.69) is 15.9 Å². The number of carbonyl (C=O) groups is 1. The van der Waals surface area contributed by atoms with Crippen molar-refractivity contribution in [1.82, 2.24) is 0 Å². The number of rotatable bonds is 2. The fraction of sp³-hybridized carbons (Fsp3) is 0.286. The van der Waals surface area contributed by atoms with Crippen LogP contribution in [0.2, 0.25) is 0 Å². The summed E-state index contributed by atoms with van der Waals surface area (Å²) in [6, 6.07) is 1.68. The second-order valence-electron chi connectivity index (χ2n) is 1.95. The third-order valence-corrected chi connectivity index (χ3v) is 1.76. The van der Waals surface area contributed by atoms with Crippen molar-refractivity contribution in [1.29, 1.82) is 0 Å². The van der Waals surface area contributed by atoms with Gasteiger partial charge in [-0.2, -0.15) is 0 Å². The summed E-state index contributed by atoms with van der Waals surface area (Å²) >= 11 is 3.21. The van der Waals surface area contributed by atoms with Gasteiger partial charge in [0.25, 0.3) is 0 Å². The zero-order valence-electron chi connectivity index (χ0n) is 5.56. The van der Waals surface area contributed by atoms with E-state index in [1.54, 1.807) is 6.07 Å². The molecule has 0 radical (unpaired) electrons. The number of ketones is 1. The highest BCUT2D eigenvalue weighted by atomic mass is 79.9. The standard InChI is InChI=1S/C7H7BrO2/c1-5(9)6-2-3-10-7(6)4-8/h2-3H,4H2,1H3. The van der Waals surface area contributed by atoms with Crippen LogP contribution in [0.4, 0.5) is 0 Å². The average molecular weight is 203 g/mol. The molecule has 0 aliphatic rings. The molecule has 0 aliphatic heterocycles. The van der Waals surface area contributed by atoms with Gasteiger partial charge >= 0.3 is 0 Å². The molecule has 1 aromatic rings. The first kappa shape index (κ1) is 7.54. The molecule has 3 heteroatoms. The van der Waals surface area contributed by atoms with Crippen molar-refractivity contribution in [3.8, 4) is 0 Å². The van der Waals surface area contributed by atoms with Gasteiger partial charge in [0.2, 0.25) is 0 Å². The van der Waals surface area contributed by atoms with Gasteiger partial charge in [0.1, 0.15) is 5.76 Å². The summed E-state index contributed by atoms with van der Waals surface area (Å²) in [7, 11) is 0. The highest BCUT2D eigenvalue weighted by Crippen LogP contribution is 2.13. The fourth-order valence-corrected chi connectivity index (χ4v) is 1.19. The van der Waals surface area contributed by atoms with Crippen molar-refractivity contribution in [3.05, 3.63) is 23.7 Å². The summed E-state index contributed by atoms with van der Waals surface area (Å²) in [5.74, 6) is 0.746. The van der Waals surface area contributed by atoms with Crippen molar-refractivity contribution >= 4 is 21.7 Å². The lowest BCUT2D eigenvalue weighted by Gasteiger charge is -1.90. The van der Waals surface area contributed by atoms with Crippen molar-refractivity contribution in [2.24, 2.45) is 0 Å². The molecule has 2 nitrogen and oxygen atoms in total. The number of hydrogen-bond acceptors (Lipinski definition) is 2. The minimum atomic E-state index is 0.0446. The first-order valence-corrected chi connectivity index (χ1v) is 4.01. The summed E-state index contributed by atoms with van der Waals surface area (Å²) in [6.45, 7) is 1.52. The molecular weight excluding hydrogens is 196 g/mol. The second-order valence-corrected chi connectivity index (χ2v) is 2.51. The van der Waals surface area contributed by atoms with E-state index in [4.69, 9.17) is 4.42 Å². The first-order chi connectivity index (χ1) is 4.75. The quantitative estimate of drug-likeness (QED) is 0.545. The summed E-state index contributed by atoms with van der Waals surface area (Å²) in [6.07, 6.45) is 1.52. The lowest BCUT2D eigenvalue weighted by atomic mass is 10.2. The van der Waals surface area contributed by atoms with Gasteiger partial charge in [-0.3, -0.25) is 4.79 Å². The van der Waals surface area contributed by atoms with E-state index in [1.807, 2.05) is 0 Å². The Kier molecular flexibility index (Phi) is 2.27. The average Bonchev–Trinajstić information content (AvgIpc) is 2.33. The molecule has 1 heterocycles. The maximum absolute atomic E-state index is 10.8. The van der Waals surface area contributed by atoms with E-state index < -0.39 is 0 Å². The van der Waals surface area contributed by atoms with Crippen LogP contribution in [-0.2, 0) is 5.33 Å². The number of Topliss-reactive ketones (excluding diaryl/α,β-unsaturated/α-hetero) is 1. The zero-order chi connectivity index (χ0) is 7.56. The molecule has 0 aromatic carbocycles. The van der Waals surface area contributed by atoms with Crippen LogP contribution < -0.4 is 0 Å². The lowest BCUT2D eigenvalue weighted by molar-refractivity contribution is 0.101. The molecule has 1 aromatic heterocycles. The van der Waals surface area contributed by atoms with Crippen LogP contribution in [0, 0.1) is 0 Å². The SMILES string of the molecule is CC(=O)c1ccoc1CBr. The van der Waals surface area contributed by atoms with Crippen LogP contribution in [0.1, 0.15) is 23.0 Å². The second kappa shape index (κ2) is 3.01. The molecule has 54 valence electrons. The Morgan fingerprint density at radius 1 is 1.80 bits per heavy atom. The molecule has 0 bridgehead atoms. The maximum Gasteiger partial charge on any atom is 0.163 e. The molecule has 1 rings (SSSR count). The molecule has 0 N–H and O–H groups in total. The molecule has 0 spiro atoms. The van der Waals surface area contributed by atoms with Gasteiger partial charge in [0.05, 0.1) is 17.2 Å². The van der Waals surface area contributed by atoms with E-state index in [1.165, 1.54) is 13.2 Å². The molecular formula is C7H7BrO2. The Bertz CT molecular complexity index is 240. The van der Waals surface area contributed by atoms with E-state index in [0.717, 1.165) is 0 Å². The summed E-state index contributed by atoms with van der Waals surface area (Å²) in [5, 5.41) is 0.592. The van der Waals surface area contributed by atoms with Gasteiger partial charge in [0, 0.05) is 0 Å². The Morgan fingerprint density at radius 2 is 2.50 bits per heavy atom. The Labute approximate surface area is 67.3 Å². The summed E-state index contributed by atoms with van der Waals surface area (Å²) in [4.78, 5) is 10.8. The normalized spacial score (nSPS) is 9.80. The van der Waals surface area contributed by atoms with Gasteiger partial charge in [-0.15, -0.1) is 0 Å². The van der Waals surface area contributed by atoms with Gasteiger partial charge in [-0.1, -0.05) is 15.9 Å². The van der Waals surface area contributed by atoms with Crippen LogP contribution in [0.15, 0.2) is 16.7 Å². The Hall–Kier alpha value is -0.570. The highest BCUT2D eigenvalue weighted by molar-refractivity contribution is 9.08. The predicted octanol–water partition coefficient (Wildman–Crippen LogP) is 2.38. The minimum Gasteiger partial charge on any atom is -0.468 e. The smallest absolute Gasteiger partial charge is 0.163 e. The minimum absolute atomic E-state index is 0.0446. The number of furan rings is 1. The van der Waals surface area contributed by atoms with Crippen LogP contribution in [0.3, 0.4) is 0 Å². The molecule has 0 amide bonds. The Morgan fingerprint density at radius 3 is 2.90 bits per heavy atom. The molecule has 0 saturated heterocycles. The zero-order valence-corrected chi connectivity index (χ0v) is 7.14. The fourth-order valence-electron chi connectivity index (χ4n) is 0.758. The highest BCUT2D eigenvalue weighted by Gasteiger charge is 2.07. The third kappa shape index (κ3) is 1.29. The summed E-state index contributed by atoms with van der Waals surface area (Å²) in [5.41, 5.74) is 0.664. The van der Waals surface area contributed by atoms with Gasteiger partial charge in [0.15, 0.2) is 5.78 Å². The molecule has 0 fully saturated rings. The van der Waals surface area contributed by atoms with Gasteiger partial charge in [-0.05, 0) is 13.0 Å². The van der Waals surface area contributed by atoms with E-state index in [0.29, 0.717) is 16.7 Å². The van der Waals surface area contributed by atoms with Crippen LogP contribution in [0.5, 0.6) is 0 Å². The maximum atomic E-state index is 10.8. The largest absolute Gasteiger partial charge is 0.468 e. The Balaban J connectivity index is 3.01. The van der Waals surface area contributed by atoms with Crippen LogP contribution >= 0.6 is 15.9 Å². The monoisotopic (exact) mass is 202 g/mol. The lowest BCUT2D eigenvalue weighted by Crippen LogP contribution is -1.92. The van der Waals surface area contributed by atoms with Crippen molar-refractivity contribution in [3.63, 3.8) is 0 Å². The van der Waals surface area contributed by atoms with Gasteiger partial charge < -0.3 is 4.42 Å². The van der Waals surface area contributed by atoms with Crippen molar-refractivity contribution < 1.29 is 9.21 Å². The van der Waals surface area contributed by atoms with E-state index in [9.17, 15) is 4.79 Å². The van der Waals surface area contributed by atoms with Crippen LogP contribution in [-0.4, -0.2) is 5.78 Å². The molecule has 0 unspecified atom stereocenters. The number of hydrogen-bond donors (Lipinski definition) is 0. The van der Waals surface area contributed by atoms with E-state index >= 15 is 0 Å². The number of halogens is 1. The number of alkyl halides is 1. The van der Waals surface area contributed by atoms with E-state index in [-0.39, 0.29) is 5.78 Å². The van der Waals surface area contributed by atoms with Crippen LogP contribution in [0.25, 0.3) is 0 Å². The van der Waals surface area contributed by atoms with Gasteiger partial charge in [-0.25, -0.2) is 0 Å². The summed E-state index contributed by atoms with van der Waals surface area (Å²) < 4.78 is 5.01. The predicted molar refractivity (Wildman–Crippen MR) is 41.3 cm³/mol. The third-order valence-electron chi connectivity index (χ3n) is 1.25. The van der Waals surface area contributed by atoms with Crippen molar-refractivity contribution in [2.75, 3.05) is 0 Å². The topological polar surface area (TPSA) is 30.2 Å². The number of carbonyl (C=O) groups excluding carboxylic acids is 1. The molecule has 0 aliphatic carbocycles. The molecule has 0 atom stereocenters. The van der Waals surface area contributed by atoms with Crippen molar-refractivity contribution in [2.45, 2.75) is 12.3 Å². The first-order valence-electron chi connectivity index (χ1n) is 2.89. The molecule has 10 heavy (non-hydrogen) atoms.